The molecule has 1 aliphatic carbocycles. The van der Waals surface area contributed by atoms with Crippen LogP contribution in [0.2, 0.25) is 0 Å². The fourth-order valence-corrected chi connectivity index (χ4v) is 4.48. The molecule has 0 fully saturated rings. The molecule has 1 N–H and O–H groups in total. The molecule has 1 aromatic carbocycles. The van der Waals surface area contributed by atoms with Crippen LogP contribution >= 0.6 is 0 Å². The molecule has 0 bridgehead atoms. The quantitative estimate of drug-likeness (QED) is 0.139. The topological polar surface area (TPSA) is 66.7 Å². The molecule has 4 nitrogen and oxygen atoms in total. The highest BCUT2D eigenvalue weighted by atomic mass is 16.4. The van der Waals surface area contributed by atoms with Crippen LogP contribution in [-0.2, 0) is 4.79 Å². The molecular formula is C29H39NO3. The molecule has 178 valence electrons. The molecule has 0 radical (unpaired) electrons. The van der Waals surface area contributed by atoms with E-state index in [0.717, 1.165) is 51.4 Å². The number of carbonyl (C=O) groups is 2. The number of allylic oxidation sites excluding steroid dienone is 3. The summed E-state index contributed by atoms with van der Waals surface area (Å²) in [6.07, 6.45) is 16.7. The van der Waals surface area contributed by atoms with Gasteiger partial charge in [-0.15, -0.1) is 6.58 Å². The number of aliphatic imine (C=N–C) groups is 1. The van der Waals surface area contributed by atoms with E-state index in [1.807, 2.05) is 43.3 Å². The minimum atomic E-state index is -1.08. The molecule has 1 aromatic rings. The number of carboxylic acids is 1. The summed E-state index contributed by atoms with van der Waals surface area (Å²) < 4.78 is 0. The van der Waals surface area contributed by atoms with Gasteiger partial charge in [0, 0.05) is 23.0 Å². The van der Waals surface area contributed by atoms with E-state index in [-0.39, 0.29) is 23.3 Å². The number of benzene rings is 1. The van der Waals surface area contributed by atoms with Crippen LogP contribution in [0.3, 0.4) is 0 Å². The summed E-state index contributed by atoms with van der Waals surface area (Å²) in [5.74, 6) is -1.18. The van der Waals surface area contributed by atoms with Crippen LogP contribution in [0.15, 0.2) is 71.8 Å². The molecule has 33 heavy (non-hydrogen) atoms. The van der Waals surface area contributed by atoms with Gasteiger partial charge in [0.2, 0.25) is 0 Å². The Morgan fingerprint density at radius 3 is 2.12 bits per heavy atom. The molecule has 1 atom stereocenters. The third-order valence-corrected chi connectivity index (χ3v) is 6.44. The molecule has 0 heterocycles. The molecule has 0 amide bonds. The van der Waals surface area contributed by atoms with Crippen LogP contribution in [0.5, 0.6) is 0 Å². The number of carboxylic acid groups (broad SMARTS) is 1. The first-order valence-corrected chi connectivity index (χ1v) is 12.3. The van der Waals surface area contributed by atoms with Crippen LogP contribution < -0.4 is 0 Å². The zero-order valence-electron chi connectivity index (χ0n) is 20.5. The maximum Gasteiger partial charge on any atom is 0.350 e. The minimum Gasteiger partial charge on any atom is -0.477 e. The average Bonchev–Trinajstić information content (AvgIpc) is 2.81. The van der Waals surface area contributed by atoms with Crippen molar-refractivity contribution >= 4 is 17.5 Å². The number of Topliss-reactive ketones (excluding diaryl/α,β-unsaturated/α-hetero) is 1. The number of hydrogen-bond donors (Lipinski definition) is 1. The molecule has 0 aliphatic heterocycles. The number of rotatable bonds is 14. The van der Waals surface area contributed by atoms with Crippen molar-refractivity contribution in [2.45, 2.75) is 84.1 Å². The summed E-state index contributed by atoms with van der Waals surface area (Å²) in [5.41, 5.74) is -0.0821. The van der Waals surface area contributed by atoms with Crippen molar-refractivity contribution < 1.29 is 14.7 Å². The van der Waals surface area contributed by atoms with Gasteiger partial charge in [-0.1, -0.05) is 107 Å². The SMILES string of the molecule is C=CCC(=NC1(C)C=CC(CCCCC)(CCCCC)C=C1C(=O)c1ccccc1)C(=O)O. The molecular weight excluding hydrogens is 410 g/mol. The predicted molar refractivity (Wildman–Crippen MR) is 137 cm³/mol. The van der Waals surface area contributed by atoms with E-state index in [1.54, 1.807) is 0 Å². The van der Waals surface area contributed by atoms with Gasteiger partial charge in [-0.05, 0) is 19.8 Å². The Bertz CT molecular complexity index is 900. The number of aliphatic carboxylic acids is 1. The highest BCUT2D eigenvalue weighted by molar-refractivity contribution is 6.36. The van der Waals surface area contributed by atoms with Gasteiger partial charge in [-0.2, -0.15) is 0 Å². The summed E-state index contributed by atoms with van der Waals surface area (Å²) in [6.45, 7) is 9.89. The van der Waals surface area contributed by atoms with E-state index in [1.165, 1.54) is 6.08 Å². The van der Waals surface area contributed by atoms with Crippen LogP contribution in [0, 0.1) is 5.41 Å². The van der Waals surface area contributed by atoms with Crippen molar-refractivity contribution in [2.75, 3.05) is 0 Å². The normalized spacial score (nSPS) is 19.7. The van der Waals surface area contributed by atoms with Gasteiger partial charge in [0.25, 0.3) is 0 Å². The number of nitrogens with zero attached hydrogens (tertiary/aromatic N) is 1. The highest BCUT2D eigenvalue weighted by Gasteiger charge is 2.40. The molecule has 2 rings (SSSR count). The van der Waals surface area contributed by atoms with Crippen molar-refractivity contribution in [1.29, 1.82) is 0 Å². The Hall–Kier alpha value is -2.75. The van der Waals surface area contributed by atoms with E-state index in [4.69, 9.17) is 0 Å². The first-order chi connectivity index (χ1) is 15.8. The van der Waals surface area contributed by atoms with E-state index in [0.29, 0.717) is 11.1 Å². The molecule has 0 spiro atoms. The second-order valence-electron chi connectivity index (χ2n) is 9.24. The van der Waals surface area contributed by atoms with Crippen LogP contribution in [-0.4, -0.2) is 28.1 Å². The van der Waals surface area contributed by atoms with E-state index in [2.05, 4.69) is 37.6 Å². The second kappa shape index (κ2) is 12.5. The third kappa shape index (κ3) is 7.12. The Balaban J connectivity index is 2.60. The molecule has 1 aliphatic rings. The van der Waals surface area contributed by atoms with Crippen molar-refractivity contribution in [3.05, 3.63) is 72.4 Å². The zero-order valence-corrected chi connectivity index (χ0v) is 20.5. The van der Waals surface area contributed by atoms with E-state index in [9.17, 15) is 14.7 Å². The standard InChI is InChI=1S/C29H39NO3/c1-5-8-13-18-29(19-14-9-6-2)21-20-28(4,30-25(15-7-3)27(32)33)24(22-29)26(31)23-16-11-10-12-17-23/h7,10-12,16-17,20-22H,3,5-6,8-9,13-15,18-19H2,1-2,4H3,(H,32,33). The lowest BCUT2D eigenvalue weighted by molar-refractivity contribution is -0.129. The van der Waals surface area contributed by atoms with Gasteiger partial charge in [0.05, 0.1) is 0 Å². The first kappa shape index (κ1) is 26.5. The van der Waals surface area contributed by atoms with E-state index < -0.39 is 11.5 Å². The van der Waals surface area contributed by atoms with Gasteiger partial charge in [0.1, 0.15) is 11.3 Å². The molecule has 0 saturated carbocycles. The van der Waals surface area contributed by atoms with Gasteiger partial charge >= 0.3 is 5.97 Å². The fraction of sp³-hybridized carbons (Fsp3) is 0.483. The summed E-state index contributed by atoms with van der Waals surface area (Å²) in [7, 11) is 0. The van der Waals surface area contributed by atoms with E-state index >= 15 is 0 Å². The summed E-state index contributed by atoms with van der Waals surface area (Å²) in [5, 5.41) is 9.67. The Kier molecular flexibility index (Phi) is 10.0. The van der Waals surface area contributed by atoms with Crippen molar-refractivity contribution in [2.24, 2.45) is 10.4 Å². The Morgan fingerprint density at radius 1 is 1.00 bits per heavy atom. The molecule has 0 aromatic heterocycles. The summed E-state index contributed by atoms with van der Waals surface area (Å²) >= 11 is 0. The van der Waals surface area contributed by atoms with Gasteiger partial charge in [0.15, 0.2) is 5.78 Å². The lowest BCUT2D eigenvalue weighted by Crippen LogP contribution is -2.36. The zero-order chi connectivity index (χ0) is 24.3. The average molecular weight is 450 g/mol. The first-order valence-electron chi connectivity index (χ1n) is 12.3. The maximum atomic E-state index is 13.7. The smallest absolute Gasteiger partial charge is 0.350 e. The minimum absolute atomic E-state index is 0.00776. The molecule has 1 unspecified atom stereocenters. The Labute approximate surface area is 199 Å². The largest absolute Gasteiger partial charge is 0.477 e. The molecule has 0 saturated heterocycles. The van der Waals surface area contributed by atoms with Gasteiger partial charge in [-0.3, -0.25) is 9.79 Å². The second-order valence-corrected chi connectivity index (χ2v) is 9.24. The molecule has 4 heteroatoms. The highest BCUT2D eigenvalue weighted by Crippen LogP contribution is 2.44. The van der Waals surface area contributed by atoms with Crippen molar-refractivity contribution in [3.63, 3.8) is 0 Å². The fourth-order valence-electron chi connectivity index (χ4n) is 4.48. The maximum absolute atomic E-state index is 13.7. The monoisotopic (exact) mass is 449 g/mol. The van der Waals surface area contributed by atoms with Crippen LogP contribution in [0.1, 0.15) is 88.9 Å². The number of ketones is 1. The lowest BCUT2D eigenvalue weighted by atomic mass is 9.68. The third-order valence-electron chi connectivity index (χ3n) is 6.44. The number of carbonyl (C=O) groups excluding carboxylic acids is 1. The lowest BCUT2D eigenvalue weighted by Gasteiger charge is -2.38. The summed E-state index contributed by atoms with van der Waals surface area (Å²) in [4.78, 5) is 30.2. The predicted octanol–water partition coefficient (Wildman–Crippen LogP) is 7.37. The van der Waals surface area contributed by atoms with Crippen molar-refractivity contribution in [3.8, 4) is 0 Å². The van der Waals surface area contributed by atoms with Crippen LogP contribution in [0.4, 0.5) is 0 Å². The number of hydrogen-bond acceptors (Lipinski definition) is 3. The summed E-state index contributed by atoms with van der Waals surface area (Å²) in [6, 6.07) is 9.20. The Morgan fingerprint density at radius 2 is 1.61 bits per heavy atom. The number of unbranched alkanes of at least 4 members (excludes halogenated alkanes) is 4. The van der Waals surface area contributed by atoms with Gasteiger partial charge < -0.3 is 5.11 Å². The van der Waals surface area contributed by atoms with Crippen LogP contribution in [0.25, 0.3) is 0 Å². The van der Waals surface area contributed by atoms with Gasteiger partial charge in [-0.25, -0.2) is 4.79 Å². The van der Waals surface area contributed by atoms with Crippen molar-refractivity contribution in [1.82, 2.24) is 0 Å².